The van der Waals surface area contributed by atoms with Crippen LogP contribution in [0, 0.1) is 5.41 Å². The Morgan fingerprint density at radius 1 is 1.29 bits per heavy atom. The van der Waals surface area contributed by atoms with Crippen LogP contribution in [0.25, 0.3) is 0 Å². The minimum Gasteiger partial charge on any atom is -0.444 e. The summed E-state index contributed by atoms with van der Waals surface area (Å²) >= 11 is 0. The Morgan fingerprint density at radius 3 is 2.50 bits per heavy atom. The number of ether oxygens (including phenoxy) is 1. The van der Waals surface area contributed by atoms with Crippen LogP contribution in [0.3, 0.4) is 0 Å². The predicted octanol–water partition coefficient (Wildman–Crippen LogP) is 3.65. The van der Waals surface area contributed by atoms with E-state index in [2.05, 4.69) is 10.3 Å². The number of carbonyl (C=O) groups is 2. The number of hydrogen-bond donors (Lipinski definition) is 1. The average Bonchev–Trinajstić information content (AvgIpc) is 3.15. The SMILES string of the molecule is CC[C@]1(C(=O)N2CCc3ncc(C(F)(F)F)cc3C2)C=C[C@@H](NC(=O)OC(C)(C)C)C1.O=C=O. The lowest BCUT2D eigenvalue weighted by Gasteiger charge is -2.36. The first-order valence-corrected chi connectivity index (χ1v) is 10.8. The van der Waals surface area contributed by atoms with Crippen molar-refractivity contribution in [3.05, 3.63) is 41.2 Å². The molecule has 0 unspecified atom stereocenters. The number of alkyl halides is 3. The Hall–Kier alpha value is -3.20. The Balaban J connectivity index is 0.00000129. The van der Waals surface area contributed by atoms with Gasteiger partial charge in [0.2, 0.25) is 5.91 Å². The van der Waals surface area contributed by atoms with E-state index in [1.54, 1.807) is 37.8 Å². The second kappa shape index (κ2) is 10.4. The van der Waals surface area contributed by atoms with Gasteiger partial charge in [0, 0.05) is 31.4 Å². The summed E-state index contributed by atoms with van der Waals surface area (Å²) in [6.07, 6.45) is 0.945. The molecule has 0 aromatic carbocycles. The van der Waals surface area contributed by atoms with Crippen LogP contribution < -0.4 is 5.32 Å². The molecule has 1 aromatic heterocycles. The van der Waals surface area contributed by atoms with Crippen molar-refractivity contribution >= 4 is 18.2 Å². The first kappa shape index (κ1) is 27.0. The van der Waals surface area contributed by atoms with Crippen molar-refractivity contribution in [2.45, 2.75) is 71.3 Å². The maximum absolute atomic E-state index is 13.4. The summed E-state index contributed by atoms with van der Waals surface area (Å²) in [5.74, 6) is -0.150. The fraction of sp³-hybridized carbons (Fsp3) is 0.565. The number of carbonyl (C=O) groups excluding carboxylic acids is 4. The van der Waals surface area contributed by atoms with Gasteiger partial charge in [-0.3, -0.25) is 9.78 Å². The van der Waals surface area contributed by atoms with Crippen LogP contribution in [0.15, 0.2) is 24.4 Å². The zero-order chi connectivity index (χ0) is 25.7. The molecule has 0 bridgehead atoms. The van der Waals surface area contributed by atoms with E-state index in [0.29, 0.717) is 37.1 Å². The standard InChI is InChI=1S/C22H28F3N3O3.CO2/c1-5-21(8-6-16(11-21)27-19(30)31-20(2,3)4)18(29)28-9-7-17-14(13-28)10-15(12-26-17)22(23,24)25;2-1-3/h6,8,10,12,16H,5,7,9,11,13H2,1-4H3,(H,27,30);/t16-,21+;/m1./s1. The van der Waals surface area contributed by atoms with E-state index in [1.165, 1.54) is 0 Å². The maximum atomic E-state index is 13.4. The second-order valence-corrected chi connectivity index (χ2v) is 9.21. The van der Waals surface area contributed by atoms with Gasteiger partial charge in [0.15, 0.2) is 0 Å². The molecular weight excluding hydrogens is 455 g/mol. The molecule has 11 heteroatoms. The lowest BCUT2D eigenvalue weighted by molar-refractivity contribution is -0.191. The summed E-state index contributed by atoms with van der Waals surface area (Å²) in [4.78, 5) is 47.3. The van der Waals surface area contributed by atoms with Crippen LogP contribution >= 0.6 is 0 Å². The monoisotopic (exact) mass is 483 g/mol. The molecule has 2 atom stereocenters. The summed E-state index contributed by atoms with van der Waals surface area (Å²) in [5, 5.41) is 2.77. The number of rotatable bonds is 3. The molecular formula is C23H28F3N3O5. The number of amides is 2. The molecule has 3 rings (SSSR count). The van der Waals surface area contributed by atoms with Crippen LogP contribution in [-0.4, -0.2) is 46.2 Å². The van der Waals surface area contributed by atoms with Gasteiger partial charge >= 0.3 is 18.4 Å². The Bertz CT molecular complexity index is 981. The van der Waals surface area contributed by atoms with E-state index in [4.69, 9.17) is 14.3 Å². The highest BCUT2D eigenvalue weighted by Gasteiger charge is 2.44. The normalized spacial score (nSPS) is 21.6. The van der Waals surface area contributed by atoms with Crippen LogP contribution in [0.2, 0.25) is 0 Å². The third-order valence-electron chi connectivity index (χ3n) is 5.64. The predicted molar refractivity (Wildman–Crippen MR) is 113 cm³/mol. The molecule has 1 N–H and O–H groups in total. The third kappa shape index (κ3) is 6.66. The summed E-state index contributed by atoms with van der Waals surface area (Å²) in [6, 6.07) is 0.729. The molecule has 1 aliphatic heterocycles. The maximum Gasteiger partial charge on any atom is 0.417 e. The number of halogens is 3. The van der Waals surface area contributed by atoms with E-state index in [0.717, 1.165) is 12.3 Å². The molecule has 2 heterocycles. The van der Waals surface area contributed by atoms with Gasteiger partial charge in [0.05, 0.1) is 17.0 Å². The first-order valence-electron chi connectivity index (χ1n) is 10.8. The van der Waals surface area contributed by atoms with Gasteiger partial charge < -0.3 is 15.0 Å². The highest BCUT2D eigenvalue weighted by Crippen LogP contribution is 2.39. The van der Waals surface area contributed by atoms with Gasteiger partial charge in [-0.25, -0.2) is 4.79 Å². The minimum atomic E-state index is -4.48. The fourth-order valence-corrected chi connectivity index (χ4v) is 4.03. The van der Waals surface area contributed by atoms with E-state index in [-0.39, 0.29) is 24.6 Å². The number of nitrogens with one attached hydrogen (secondary N) is 1. The van der Waals surface area contributed by atoms with Crippen LogP contribution in [-0.2, 0) is 38.3 Å². The number of hydrogen-bond acceptors (Lipinski definition) is 6. The van der Waals surface area contributed by atoms with E-state index in [1.807, 2.05) is 6.92 Å². The van der Waals surface area contributed by atoms with Crippen molar-refractivity contribution in [1.29, 1.82) is 0 Å². The molecule has 0 fully saturated rings. The molecule has 186 valence electrons. The van der Waals surface area contributed by atoms with Gasteiger partial charge in [-0.1, -0.05) is 19.1 Å². The largest absolute Gasteiger partial charge is 0.444 e. The van der Waals surface area contributed by atoms with Gasteiger partial charge in [-0.2, -0.15) is 22.8 Å². The van der Waals surface area contributed by atoms with Crippen LogP contribution in [0.4, 0.5) is 18.0 Å². The first-order chi connectivity index (χ1) is 15.7. The lowest BCUT2D eigenvalue weighted by Crippen LogP contribution is -2.46. The van der Waals surface area contributed by atoms with Gasteiger partial charge in [-0.05, 0) is 45.2 Å². The quantitative estimate of drug-likeness (QED) is 0.658. The number of aromatic nitrogens is 1. The van der Waals surface area contributed by atoms with Crippen LogP contribution in [0.1, 0.15) is 57.4 Å². The van der Waals surface area contributed by atoms with Crippen LogP contribution in [0.5, 0.6) is 0 Å². The van der Waals surface area contributed by atoms with Gasteiger partial charge in [0.1, 0.15) is 5.60 Å². The topological polar surface area (TPSA) is 106 Å². The Morgan fingerprint density at radius 2 is 1.94 bits per heavy atom. The number of pyridine rings is 1. The van der Waals surface area contributed by atoms with Gasteiger partial charge in [-0.15, -0.1) is 0 Å². The molecule has 0 radical (unpaired) electrons. The minimum absolute atomic E-state index is 0.0881. The number of nitrogens with zero attached hydrogens (tertiary/aromatic N) is 2. The summed E-state index contributed by atoms with van der Waals surface area (Å²) in [6.45, 7) is 7.67. The summed E-state index contributed by atoms with van der Waals surface area (Å²) in [7, 11) is 0. The second-order valence-electron chi connectivity index (χ2n) is 9.21. The molecule has 34 heavy (non-hydrogen) atoms. The van der Waals surface area contributed by atoms with Crippen molar-refractivity contribution in [3.63, 3.8) is 0 Å². The fourth-order valence-electron chi connectivity index (χ4n) is 4.03. The van der Waals surface area contributed by atoms with Crippen molar-refractivity contribution in [2.75, 3.05) is 6.54 Å². The third-order valence-corrected chi connectivity index (χ3v) is 5.64. The summed E-state index contributed by atoms with van der Waals surface area (Å²) in [5.41, 5.74) is -1.24. The molecule has 0 saturated heterocycles. The molecule has 8 nitrogen and oxygen atoms in total. The molecule has 2 aliphatic rings. The molecule has 2 amide bonds. The van der Waals surface area contributed by atoms with E-state index < -0.39 is 28.8 Å². The van der Waals surface area contributed by atoms with Crippen molar-refractivity contribution in [2.24, 2.45) is 5.41 Å². The Kier molecular flexibility index (Phi) is 8.26. The van der Waals surface area contributed by atoms with Crippen molar-refractivity contribution in [3.8, 4) is 0 Å². The summed E-state index contributed by atoms with van der Waals surface area (Å²) < 4.78 is 44.4. The van der Waals surface area contributed by atoms with E-state index >= 15 is 0 Å². The smallest absolute Gasteiger partial charge is 0.417 e. The molecule has 0 saturated carbocycles. The molecule has 1 aromatic rings. The average molecular weight is 483 g/mol. The molecule has 1 aliphatic carbocycles. The van der Waals surface area contributed by atoms with Crippen molar-refractivity contribution in [1.82, 2.24) is 15.2 Å². The Labute approximate surface area is 195 Å². The number of alkyl carbamates (subject to hydrolysis) is 1. The van der Waals surface area contributed by atoms with Crippen molar-refractivity contribution < 1.29 is 37.1 Å². The van der Waals surface area contributed by atoms with E-state index in [9.17, 15) is 22.8 Å². The lowest BCUT2D eigenvalue weighted by atomic mass is 9.81. The highest BCUT2D eigenvalue weighted by atomic mass is 19.4. The van der Waals surface area contributed by atoms with Gasteiger partial charge in [0.25, 0.3) is 0 Å². The zero-order valence-electron chi connectivity index (χ0n) is 19.5. The zero-order valence-corrected chi connectivity index (χ0v) is 19.5. The molecule has 0 spiro atoms. The highest BCUT2D eigenvalue weighted by molar-refractivity contribution is 5.86. The number of fused-ring (bicyclic) bond motifs is 1.